The first-order chi connectivity index (χ1) is 20.5. The smallest absolute Gasteiger partial charge is 0.408 e. The zero-order valence-electron chi connectivity index (χ0n) is 24.3. The standard InChI is InChI=1S/C30H32N4O9/c1-30(2,3)43-29(38)32-11-24(35)31-7-5-6-15-16-9-22-23(42-14-41-22)10-20(16)33-25-18(15)12-34-21(25)8-17-19(27(34)36)13-40-28(37)26(17)39-4/h8-10,26H,5-7,11-14H2,1-4H3,(H,31,35)(H,32,38). The van der Waals surface area contributed by atoms with Crippen LogP contribution in [-0.4, -0.2) is 60.1 Å². The number of esters is 1. The number of nitrogens with zero attached hydrogens (tertiary/aromatic N) is 2. The number of nitrogens with one attached hydrogen (secondary N) is 2. The van der Waals surface area contributed by atoms with Gasteiger partial charge in [0.05, 0.1) is 35.6 Å². The van der Waals surface area contributed by atoms with Crippen LogP contribution >= 0.6 is 0 Å². The number of methoxy groups -OCH3 is 1. The van der Waals surface area contributed by atoms with Gasteiger partial charge in [-0.25, -0.2) is 14.6 Å². The number of carbonyl (C=O) groups is 3. The summed E-state index contributed by atoms with van der Waals surface area (Å²) >= 11 is 0. The second kappa shape index (κ2) is 10.9. The number of amides is 2. The van der Waals surface area contributed by atoms with Gasteiger partial charge in [-0.1, -0.05) is 0 Å². The Kier molecular flexibility index (Phi) is 7.20. The minimum Gasteiger partial charge on any atom is -0.458 e. The Morgan fingerprint density at radius 3 is 2.58 bits per heavy atom. The van der Waals surface area contributed by atoms with E-state index in [9.17, 15) is 19.2 Å². The number of carbonyl (C=O) groups excluding carboxylic acids is 3. The molecule has 0 saturated carbocycles. The van der Waals surface area contributed by atoms with Gasteiger partial charge in [0.1, 0.15) is 12.2 Å². The van der Waals surface area contributed by atoms with E-state index in [-0.39, 0.29) is 31.4 Å². The molecule has 6 rings (SSSR count). The lowest BCUT2D eigenvalue weighted by molar-refractivity contribution is -0.159. The highest BCUT2D eigenvalue weighted by Crippen LogP contribution is 2.42. The molecule has 13 nitrogen and oxygen atoms in total. The molecular formula is C30H32N4O9. The van der Waals surface area contributed by atoms with Crippen LogP contribution in [0.15, 0.2) is 23.0 Å². The van der Waals surface area contributed by atoms with Crippen molar-refractivity contribution in [1.29, 1.82) is 0 Å². The fourth-order valence-electron chi connectivity index (χ4n) is 5.62. The highest BCUT2D eigenvalue weighted by Gasteiger charge is 2.36. The van der Waals surface area contributed by atoms with Crippen LogP contribution < -0.4 is 25.7 Å². The van der Waals surface area contributed by atoms with E-state index in [4.69, 9.17) is 28.7 Å². The SMILES string of the molecule is COC1C(=O)OCc2c1cc1n(c2=O)Cc2c-1nc1cc3c(cc1c2CCCNC(=O)CNC(=O)OC(C)(C)C)OCO3. The van der Waals surface area contributed by atoms with Gasteiger partial charge in [-0.2, -0.15) is 0 Å². The first-order valence-corrected chi connectivity index (χ1v) is 14.0. The van der Waals surface area contributed by atoms with Crippen molar-refractivity contribution >= 4 is 28.9 Å². The molecule has 5 heterocycles. The van der Waals surface area contributed by atoms with Crippen molar-refractivity contribution in [2.75, 3.05) is 27.0 Å². The van der Waals surface area contributed by atoms with Gasteiger partial charge in [0.15, 0.2) is 17.6 Å². The van der Waals surface area contributed by atoms with Gasteiger partial charge in [-0.05, 0) is 51.3 Å². The molecule has 0 spiro atoms. The zero-order chi connectivity index (χ0) is 30.5. The summed E-state index contributed by atoms with van der Waals surface area (Å²) < 4.78 is 28.6. The molecule has 226 valence electrons. The number of cyclic esters (lactones) is 1. The van der Waals surface area contributed by atoms with Crippen molar-refractivity contribution in [3.8, 4) is 22.9 Å². The molecule has 2 N–H and O–H groups in total. The number of aromatic nitrogens is 2. The predicted molar refractivity (Wildman–Crippen MR) is 152 cm³/mol. The van der Waals surface area contributed by atoms with E-state index in [1.54, 1.807) is 31.4 Å². The third-order valence-corrected chi connectivity index (χ3v) is 7.50. The van der Waals surface area contributed by atoms with Crippen LogP contribution in [0.4, 0.5) is 4.79 Å². The Hall–Kier alpha value is -4.65. The number of alkyl carbamates (subject to hydrolysis) is 1. The molecule has 2 amide bonds. The quantitative estimate of drug-likeness (QED) is 0.241. The van der Waals surface area contributed by atoms with Gasteiger partial charge < -0.3 is 38.9 Å². The van der Waals surface area contributed by atoms with Crippen molar-refractivity contribution in [2.45, 2.75) is 58.5 Å². The summed E-state index contributed by atoms with van der Waals surface area (Å²) in [5, 5.41) is 6.13. The summed E-state index contributed by atoms with van der Waals surface area (Å²) in [7, 11) is 1.40. The van der Waals surface area contributed by atoms with Crippen LogP contribution in [0.5, 0.6) is 11.5 Å². The molecule has 1 atom stereocenters. The van der Waals surface area contributed by atoms with Crippen LogP contribution in [0.25, 0.3) is 22.3 Å². The average molecular weight is 593 g/mol. The molecular weight excluding hydrogens is 560 g/mol. The van der Waals surface area contributed by atoms with Gasteiger partial charge in [0.2, 0.25) is 12.7 Å². The van der Waals surface area contributed by atoms with Gasteiger partial charge >= 0.3 is 12.1 Å². The van der Waals surface area contributed by atoms with Gasteiger partial charge in [-0.3, -0.25) is 9.59 Å². The van der Waals surface area contributed by atoms with Gasteiger partial charge in [0, 0.05) is 36.2 Å². The number of rotatable bonds is 7. The van der Waals surface area contributed by atoms with Crippen LogP contribution in [0.1, 0.15) is 55.5 Å². The van der Waals surface area contributed by atoms with Crippen molar-refractivity contribution in [1.82, 2.24) is 20.2 Å². The van der Waals surface area contributed by atoms with Crippen molar-refractivity contribution in [2.24, 2.45) is 0 Å². The maximum Gasteiger partial charge on any atom is 0.408 e. The Morgan fingerprint density at radius 2 is 1.84 bits per heavy atom. The molecule has 43 heavy (non-hydrogen) atoms. The van der Waals surface area contributed by atoms with Crippen molar-refractivity contribution in [3.05, 3.63) is 50.8 Å². The lowest BCUT2D eigenvalue weighted by Crippen LogP contribution is -2.40. The fraction of sp³-hybridized carbons (Fsp3) is 0.433. The van der Waals surface area contributed by atoms with Crippen LogP contribution in [0.2, 0.25) is 0 Å². The van der Waals surface area contributed by atoms with E-state index >= 15 is 0 Å². The third-order valence-electron chi connectivity index (χ3n) is 7.50. The van der Waals surface area contributed by atoms with E-state index in [1.807, 2.05) is 12.1 Å². The molecule has 0 fully saturated rings. The number of aryl methyl sites for hydroxylation is 1. The predicted octanol–water partition coefficient (Wildman–Crippen LogP) is 2.47. The van der Waals surface area contributed by atoms with Crippen LogP contribution in [0, 0.1) is 0 Å². The largest absolute Gasteiger partial charge is 0.458 e. The van der Waals surface area contributed by atoms with Crippen molar-refractivity contribution in [3.63, 3.8) is 0 Å². The number of benzene rings is 1. The maximum atomic E-state index is 13.6. The van der Waals surface area contributed by atoms with E-state index in [2.05, 4.69) is 10.6 Å². The Morgan fingerprint density at radius 1 is 1.07 bits per heavy atom. The van der Waals surface area contributed by atoms with E-state index in [0.29, 0.717) is 65.5 Å². The summed E-state index contributed by atoms with van der Waals surface area (Å²) in [6.45, 7) is 5.68. The molecule has 13 heteroatoms. The molecule has 0 saturated heterocycles. The Labute approximate surface area is 246 Å². The normalized spacial score (nSPS) is 16.3. The molecule has 1 unspecified atom stereocenters. The van der Waals surface area contributed by atoms with Gasteiger partial charge in [-0.15, -0.1) is 0 Å². The van der Waals surface area contributed by atoms with E-state index in [1.165, 1.54) is 7.11 Å². The van der Waals surface area contributed by atoms with Gasteiger partial charge in [0.25, 0.3) is 5.56 Å². The fourth-order valence-corrected chi connectivity index (χ4v) is 5.62. The monoisotopic (exact) mass is 592 g/mol. The topological polar surface area (TPSA) is 156 Å². The lowest BCUT2D eigenvalue weighted by atomic mass is 9.95. The van der Waals surface area contributed by atoms with E-state index < -0.39 is 23.8 Å². The molecule has 3 aliphatic heterocycles. The third kappa shape index (κ3) is 5.36. The summed E-state index contributed by atoms with van der Waals surface area (Å²) in [6.07, 6.45) is -0.516. The number of pyridine rings is 2. The molecule has 3 aliphatic rings. The number of fused-ring (bicyclic) bond motifs is 6. The van der Waals surface area contributed by atoms with Crippen LogP contribution in [-0.2, 0) is 43.4 Å². The highest BCUT2D eigenvalue weighted by molar-refractivity contribution is 5.91. The summed E-state index contributed by atoms with van der Waals surface area (Å²) in [5.74, 6) is 0.311. The van der Waals surface area contributed by atoms with Crippen LogP contribution in [0.3, 0.4) is 0 Å². The number of hydrogen-bond acceptors (Lipinski definition) is 10. The minimum absolute atomic E-state index is 0.114. The molecule has 0 radical (unpaired) electrons. The Bertz CT molecular complexity index is 1720. The lowest BCUT2D eigenvalue weighted by Gasteiger charge is -2.24. The summed E-state index contributed by atoms with van der Waals surface area (Å²) in [5.41, 5.74) is 3.71. The minimum atomic E-state index is -0.992. The first kappa shape index (κ1) is 28.5. The zero-order valence-corrected chi connectivity index (χ0v) is 24.3. The Balaban J connectivity index is 1.28. The molecule has 0 bridgehead atoms. The molecule has 1 aromatic carbocycles. The second-order valence-electron chi connectivity index (χ2n) is 11.5. The molecule has 0 aliphatic carbocycles. The maximum absolute atomic E-state index is 13.6. The molecule has 3 aromatic rings. The second-order valence-corrected chi connectivity index (χ2v) is 11.5. The number of hydrogen-bond donors (Lipinski definition) is 2. The highest BCUT2D eigenvalue weighted by atomic mass is 16.7. The summed E-state index contributed by atoms with van der Waals surface area (Å²) in [4.78, 5) is 55.1. The average Bonchev–Trinajstić information content (AvgIpc) is 3.56. The summed E-state index contributed by atoms with van der Waals surface area (Å²) in [6, 6.07) is 5.51. The van der Waals surface area contributed by atoms with E-state index in [0.717, 1.165) is 16.5 Å². The van der Waals surface area contributed by atoms with Crippen molar-refractivity contribution < 1.29 is 38.1 Å². The molecule has 2 aromatic heterocycles. The first-order valence-electron chi connectivity index (χ1n) is 14.0. The number of ether oxygens (including phenoxy) is 5.